The Hall–Kier alpha value is -1.35. The van der Waals surface area contributed by atoms with E-state index in [1.54, 1.807) is 0 Å². The smallest absolute Gasteiger partial charge is 0.195 e. The van der Waals surface area contributed by atoms with Crippen molar-refractivity contribution >= 4 is 11.1 Å². The number of benzene rings is 1. The molecule has 3 rings (SSSR count). The standard InChI is InChI=1S/C16H22N2O/c1-3-15-18-14-8-13(7-11(2)16(14)19-15)10-17-9-12-5-4-6-12/h7-8,12,17H,3-6,9-10H2,1-2H3. The highest BCUT2D eigenvalue weighted by Crippen LogP contribution is 2.25. The van der Waals surface area contributed by atoms with Crippen molar-refractivity contribution in [3.8, 4) is 0 Å². The molecule has 3 nitrogen and oxygen atoms in total. The van der Waals surface area contributed by atoms with Crippen molar-refractivity contribution in [1.82, 2.24) is 10.3 Å². The summed E-state index contributed by atoms with van der Waals surface area (Å²) in [4.78, 5) is 4.53. The van der Waals surface area contributed by atoms with Crippen molar-refractivity contribution in [1.29, 1.82) is 0 Å². The van der Waals surface area contributed by atoms with Gasteiger partial charge in [0.05, 0.1) is 0 Å². The summed E-state index contributed by atoms with van der Waals surface area (Å²) < 4.78 is 5.74. The fraction of sp³-hybridized carbons (Fsp3) is 0.562. The molecule has 3 heteroatoms. The monoisotopic (exact) mass is 258 g/mol. The molecular weight excluding hydrogens is 236 g/mol. The molecule has 1 saturated carbocycles. The topological polar surface area (TPSA) is 38.1 Å². The van der Waals surface area contributed by atoms with Crippen molar-refractivity contribution in [3.05, 3.63) is 29.2 Å². The number of nitrogens with zero attached hydrogens (tertiary/aromatic N) is 1. The molecule has 0 bridgehead atoms. The molecule has 102 valence electrons. The second-order valence-electron chi connectivity index (χ2n) is 5.65. The lowest BCUT2D eigenvalue weighted by molar-refractivity contribution is 0.301. The van der Waals surface area contributed by atoms with E-state index in [0.29, 0.717) is 0 Å². The van der Waals surface area contributed by atoms with Crippen molar-refractivity contribution in [3.63, 3.8) is 0 Å². The van der Waals surface area contributed by atoms with Crippen LogP contribution in [0.25, 0.3) is 11.1 Å². The molecule has 1 aliphatic rings. The maximum atomic E-state index is 5.74. The maximum Gasteiger partial charge on any atom is 0.195 e. The van der Waals surface area contributed by atoms with E-state index in [1.165, 1.54) is 30.4 Å². The zero-order chi connectivity index (χ0) is 13.2. The Morgan fingerprint density at radius 2 is 2.21 bits per heavy atom. The third-order valence-electron chi connectivity index (χ3n) is 4.07. The van der Waals surface area contributed by atoms with Gasteiger partial charge in [-0.25, -0.2) is 4.98 Å². The van der Waals surface area contributed by atoms with Crippen molar-refractivity contribution in [2.24, 2.45) is 5.92 Å². The first-order chi connectivity index (χ1) is 9.26. The van der Waals surface area contributed by atoms with Gasteiger partial charge in [-0.15, -0.1) is 0 Å². The van der Waals surface area contributed by atoms with E-state index in [9.17, 15) is 0 Å². The van der Waals surface area contributed by atoms with Gasteiger partial charge in [-0.3, -0.25) is 0 Å². The number of rotatable bonds is 5. The Morgan fingerprint density at radius 1 is 1.37 bits per heavy atom. The first-order valence-corrected chi connectivity index (χ1v) is 7.36. The lowest BCUT2D eigenvalue weighted by Crippen LogP contribution is -2.26. The van der Waals surface area contributed by atoms with Crippen LogP contribution in [-0.2, 0) is 13.0 Å². The molecule has 0 spiro atoms. The predicted octanol–water partition coefficient (Wildman–Crippen LogP) is 3.59. The molecule has 1 aromatic carbocycles. The van der Waals surface area contributed by atoms with Gasteiger partial charge in [0.25, 0.3) is 0 Å². The predicted molar refractivity (Wildman–Crippen MR) is 77.2 cm³/mol. The molecule has 1 aromatic heterocycles. The molecule has 0 amide bonds. The van der Waals surface area contributed by atoms with Crippen LogP contribution in [0.4, 0.5) is 0 Å². The van der Waals surface area contributed by atoms with Gasteiger partial charge < -0.3 is 9.73 Å². The molecule has 0 aliphatic heterocycles. The van der Waals surface area contributed by atoms with E-state index in [1.807, 2.05) is 0 Å². The molecule has 0 atom stereocenters. The van der Waals surface area contributed by atoms with Gasteiger partial charge in [0.1, 0.15) is 5.52 Å². The summed E-state index contributed by atoms with van der Waals surface area (Å²) in [7, 11) is 0. The average molecular weight is 258 g/mol. The van der Waals surface area contributed by atoms with Crippen LogP contribution in [0.1, 0.15) is 43.2 Å². The van der Waals surface area contributed by atoms with Crippen LogP contribution in [0.15, 0.2) is 16.5 Å². The molecule has 1 aliphatic carbocycles. The molecule has 1 N–H and O–H groups in total. The van der Waals surface area contributed by atoms with E-state index in [0.717, 1.165) is 42.4 Å². The second-order valence-corrected chi connectivity index (χ2v) is 5.65. The zero-order valence-corrected chi connectivity index (χ0v) is 11.8. The molecule has 0 unspecified atom stereocenters. The first kappa shape index (κ1) is 12.7. The van der Waals surface area contributed by atoms with Crippen LogP contribution in [0.5, 0.6) is 0 Å². The zero-order valence-electron chi connectivity index (χ0n) is 11.8. The summed E-state index contributed by atoms with van der Waals surface area (Å²) in [5, 5.41) is 3.56. The highest BCUT2D eigenvalue weighted by molar-refractivity contribution is 5.77. The molecule has 1 heterocycles. The summed E-state index contributed by atoms with van der Waals surface area (Å²) in [5.74, 6) is 1.74. The van der Waals surface area contributed by atoms with Crippen LogP contribution in [0.3, 0.4) is 0 Å². The fourth-order valence-electron chi connectivity index (χ4n) is 2.69. The second kappa shape index (κ2) is 5.33. The SMILES string of the molecule is CCc1nc2cc(CNCC3CCC3)cc(C)c2o1. The minimum atomic E-state index is 0.831. The summed E-state index contributed by atoms with van der Waals surface area (Å²) in [6.07, 6.45) is 5.06. The van der Waals surface area contributed by atoms with Crippen LogP contribution >= 0.6 is 0 Å². The molecular formula is C16H22N2O. The highest BCUT2D eigenvalue weighted by atomic mass is 16.3. The summed E-state index contributed by atoms with van der Waals surface area (Å²) in [6, 6.07) is 4.36. The van der Waals surface area contributed by atoms with E-state index < -0.39 is 0 Å². The van der Waals surface area contributed by atoms with Crippen LogP contribution in [0.2, 0.25) is 0 Å². The molecule has 1 fully saturated rings. The molecule has 0 saturated heterocycles. The van der Waals surface area contributed by atoms with Crippen molar-refractivity contribution < 1.29 is 4.42 Å². The Kier molecular flexibility index (Phi) is 3.56. The van der Waals surface area contributed by atoms with Gasteiger partial charge in [0.2, 0.25) is 0 Å². The van der Waals surface area contributed by atoms with Gasteiger partial charge in [-0.2, -0.15) is 0 Å². The number of oxazole rings is 1. The van der Waals surface area contributed by atoms with Gasteiger partial charge in [-0.1, -0.05) is 19.4 Å². The number of hydrogen-bond donors (Lipinski definition) is 1. The summed E-state index contributed by atoms with van der Waals surface area (Å²) in [5.41, 5.74) is 4.43. The highest BCUT2D eigenvalue weighted by Gasteiger charge is 2.16. The van der Waals surface area contributed by atoms with E-state index in [2.05, 4.69) is 36.3 Å². The van der Waals surface area contributed by atoms with E-state index >= 15 is 0 Å². The fourth-order valence-corrected chi connectivity index (χ4v) is 2.69. The molecule has 2 aromatic rings. The Bertz CT molecular complexity index is 569. The lowest BCUT2D eigenvalue weighted by Gasteiger charge is -2.25. The van der Waals surface area contributed by atoms with Crippen LogP contribution in [-0.4, -0.2) is 11.5 Å². The lowest BCUT2D eigenvalue weighted by atomic mass is 9.85. The normalized spacial score (nSPS) is 15.9. The minimum absolute atomic E-state index is 0.831. The third-order valence-corrected chi connectivity index (χ3v) is 4.07. The van der Waals surface area contributed by atoms with Crippen LogP contribution < -0.4 is 5.32 Å². The number of aromatic nitrogens is 1. The third kappa shape index (κ3) is 2.66. The Morgan fingerprint density at radius 3 is 2.89 bits per heavy atom. The summed E-state index contributed by atoms with van der Waals surface area (Å²) in [6.45, 7) is 6.25. The van der Waals surface area contributed by atoms with Gasteiger partial charge in [-0.05, 0) is 49.4 Å². The average Bonchev–Trinajstić information content (AvgIpc) is 2.76. The number of nitrogens with one attached hydrogen (secondary N) is 1. The minimum Gasteiger partial charge on any atom is -0.440 e. The van der Waals surface area contributed by atoms with E-state index in [4.69, 9.17) is 4.42 Å². The Labute approximate surface area is 114 Å². The van der Waals surface area contributed by atoms with Gasteiger partial charge in [0.15, 0.2) is 11.5 Å². The molecule has 0 radical (unpaired) electrons. The summed E-state index contributed by atoms with van der Waals surface area (Å²) >= 11 is 0. The Balaban J connectivity index is 1.72. The van der Waals surface area contributed by atoms with Gasteiger partial charge in [0, 0.05) is 13.0 Å². The first-order valence-electron chi connectivity index (χ1n) is 7.36. The van der Waals surface area contributed by atoms with Crippen molar-refractivity contribution in [2.45, 2.75) is 46.1 Å². The number of aryl methyl sites for hydroxylation is 2. The van der Waals surface area contributed by atoms with Crippen molar-refractivity contribution in [2.75, 3.05) is 6.54 Å². The largest absolute Gasteiger partial charge is 0.440 e. The van der Waals surface area contributed by atoms with Gasteiger partial charge >= 0.3 is 0 Å². The number of fused-ring (bicyclic) bond motifs is 1. The quantitative estimate of drug-likeness (QED) is 0.890. The van der Waals surface area contributed by atoms with Crippen LogP contribution in [0, 0.1) is 12.8 Å². The molecule has 19 heavy (non-hydrogen) atoms. The number of hydrogen-bond acceptors (Lipinski definition) is 3. The van der Waals surface area contributed by atoms with E-state index in [-0.39, 0.29) is 0 Å². The maximum absolute atomic E-state index is 5.74.